The molecule has 0 spiro atoms. The molecule has 0 amide bonds. The monoisotopic (exact) mass is 492 g/mol. The van der Waals surface area contributed by atoms with Crippen LogP contribution >= 0.6 is 0 Å². The highest BCUT2D eigenvalue weighted by Gasteiger charge is 2.12. The van der Waals surface area contributed by atoms with Gasteiger partial charge >= 0.3 is 0 Å². The van der Waals surface area contributed by atoms with Gasteiger partial charge in [-0.05, 0) is 62.3 Å². The highest BCUT2D eigenvalue weighted by atomic mass is 15.1. The van der Waals surface area contributed by atoms with Gasteiger partial charge in [-0.3, -0.25) is 0 Å². The van der Waals surface area contributed by atoms with Gasteiger partial charge < -0.3 is 9.80 Å². The molecule has 202 valence electrons. The van der Waals surface area contributed by atoms with Gasteiger partial charge in [0.25, 0.3) is 0 Å². The third-order valence-electron chi connectivity index (χ3n) is 7.49. The minimum absolute atomic E-state index is 1.02. The van der Waals surface area contributed by atoms with Crippen molar-refractivity contribution in [3.05, 3.63) is 59.7 Å². The summed E-state index contributed by atoms with van der Waals surface area (Å²) in [4.78, 5) is 5.03. The van der Waals surface area contributed by atoms with Crippen molar-refractivity contribution in [1.29, 1.82) is 0 Å². The Morgan fingerprint density at radius 2 is 0.778 bits per heavy atom. The Morgan fingerprint density at radius 1 is 0.444 bits per heavy atom. The van der Waals surface area contributed by atoms with Gasteiger partial charge in [0.2, 0.25) is 0 Å². The van der Waals surface area contributed by atoms with Crippen molar-refractivity contribution >= 4 is 0 Å². The third kappa shape index (κ3) is 12.5. The molecular weight excluding hydrogens is 436 g/mol. The van der Waals surface area contributed by atoms with Crippen molar-refractivity contribution in [3.63, 3.8) is 0 Å². The van der Waals surface area contributed by atoms with E-state index in [1.807, 2.05) is 0 Å². The first-order valence-corrected chi connectivity index (χ1v) is 15.2. The van der Waals surface area contributed by atoms with Crippen molar-refractivity contribution in [1.82, 2.24) is 9.80 Å². The smallest absolute Gasteiger partial charge is 0.0236 e. The molecular formula is C34H56N2. The van der Waals surface area contributed by atoms with E-state index >= 15 is 0 Å². The molecule has 2 nitrogen and oxygen atoms in total. The lowest BCUT2D eigenvalue weighted by Crippen LogP contribution is -2.20. The van der Waals surface area contributed by atoms with Crippen LogP contribution in [0.25, 0.3) is 11.1 Å². The summed E-state index contributed by atoms with van der Waals surface area (Å²) in [6.45, 7) is 9.00. The SMILES string of the molecule is CCCCCCCCCN(C)Cc1ccccc1-c1ccccc1CN(C)CCCCCCCCC. The third-order valence-corrected chi connectivity index (χ3v) is 7.49. The number of unbranched alkanes of at least 4 members (excludes halogenated alkanes) is 12. The fraction of sp³-hybridized carbons (Fsp3) is 0.647. The summed E-state index contributed by atoms with van der Waals surface area (Å²) >= 11 is 0. The second-order valence-corrected chi connectivity index (χ2v) is 11.0. The van der Waals surface area contributed by atoms with Gasteiger partial charge in [0.1, 0.15) is 0 Å². The van der Waals surface area contributed by atoms with Gasteiger partial charge in [-0.25, -0.2) is 0 Å². The Kier molecular flexibility index (Phi) is 16.5. The van der Waals surface area contributed by atoms with Crippen molar-refractivity contribution < 1.29 is 0 Å². The van der Waals surface area contributed by atoms with Gasteiger partial charge in [0, 0.05) is 13.1 Å². The van der Waals surface area contributed by atoms with Crippen molar-refractivity contribution in [3.8, 4) is 11.1 Å². The highest BCUT2D eigenvalue weighted by Crippen LogP contribution is 2.29. The molecule has 0 atom stereocenters. The number of hydrogen-bond acceptors (Lipinski definition) is 2. The molecule has 2 heteroatoms. The summed E-state index contributed by atoms with van der Waals surface area (Å²) in [5, 5.41) is 0. The molecule has 0 heterocycles. The molecule has 0 radical (unpaired) electrons. The molecule has 2 aromatic carbocycles. The molecule has 0 bridgehead atoms. The molecule has 0 saturated heterocycles. The van der Waals surface area contributed by atoms with Crippen LogP contribution in [0.4, 0.5) is 0 Å². The maximum absolute atomic E-state index is 2.51. The van der Waals surface area contributed by atoms with Crippen LogP contribution in [-0.2, 0) is 13.1 Å². The van der Waals surface area contributed by atoms with Crippen LogP contribution in [0.2, 0.25) is 0 Å². The van der Waals surface area contributed by atoms with Crippen LogP contribution in [0.5, 0.6) is 0 Å². The molecule has 36 heavy (non-hydrogen) atoms. The first-order valence-electron chi connectivity index (χ1n) is 15.2. The van der Waals surface area contributed by atoms with Crippen LogP contribution in [-0.4, -0.2) is 37.0 Å². The van der Waals surface area contributed by atoms with E-state index in [2.05, 4.69) is 86.3 Å². The second-order valence-electron chi connectivity index (χ2n) is 11.0. The summed E-state index contributed by atoms with van der Waals surface area (Å²) in [6, 6.07) is 18.1. The first kappa shape index (κ1) is 30.6. The summed E-state index contributed by atoms with van der Waals surface area (Å²) in [7, 11) is 4.58. The topological polar surface area (TPSA) is 6.48 Å². The van der Waals surface area contributed by atoms with E-state index in [9.17, 15) is 0 Å². The van der Waals surface area contributed by atoms with Crippen LogP contribution < -0.4 is 0 Å². The molecule has 0 saturated carbocycles. The van der Waals surface area contributed by atoms with E-state index < -0.39 is 0 Å². The van der Waals surface area contributed by atoms with E-state index in [-0.39, 0.29) is 0 Å². The zero-order valence-electron chi connectivity index (χ0n) is 24.2. The first-order chi connectivity index (χ1) is 17.7. The molecule has 0 unspecified atom stereocenters. The minimum Gasteiger partial charge on any atom is -0.302 e. The summed E-state index contributed by atoms with van der Waals surface area (Å²) in [5.74, 6) is 0. The molecule has 0 aromatic heterocycles. The standard InChI is InChI=1S/C34H56N2/c1-5-7-9-11-13-15-21-27-35(3)29-31-23-17-19-25-33(31)34-26-20-18-24-32(34)30-36(4)28-22-16-14-12-10-8-6-2/h17-20,23-26H,5-16,21-22,27-30H2,1-4H3. The molecule has 0 fully saturated rings. The van der Waals surface area contributed by atoms with Crippen LogP contribution in [0, 0.1) is 0 Å². The molecule has 0 aliphatic carbocycles. The molecule has 0 N–H and O–H groups in total. The lowest BCUT2D eigenvalue weighted by Gasteiger charge is -2.22. The van der Waals surface area contributed by atoms with Crippen molar-refractivity contribution in [2.45, 2.75) is 117 Å². The quantitative estimate of drug-likeness (QED) is 0.160. The molecule has 0 aliphatic rings. The predicted molar refractivity (Wildman–Crippen MR) is 161 cm³/mol. The molecule has 0 aliphatic heterocycles. The fourth-order valence-electron chi connectivity index (χ4n) is 5.26. The van der Waals surface area contributed by atoms with Crippen LogP contribution in [0.1, 0.15) is 115 Å². The van der Waals surface area contributed by atoms with E-state index in [0.717, 1.165) is 13.1 Å². The van der Waals surface area contributed by atoms with Crippen molar-refractivity contribution in [2.75, 3.05) is 27.2 Å². The van der Waals surface area contributed by atoms with Gasteiger partial charge in [-0.2, -0.15) is 0 Å². The maximum Gasteiger partial charge on any atom is 0.0236 e. The molecule has 2 aromatic rings. The van der Waals surface area contributed by atoms with Crippen LogP contribution in [0.15, 0.2) is 48.5 Å². The lowest BCUT2D eigenvalue weighted by molar-refractivity contribution is 0.315. The minimum atomic E-state index is 1.02. The zero-order chi connectivity index (χ0) is 25.8. The fourth-order valence-corrected chi connectivity index (χ4v) is 5.26. The summed E-state index contributed by atoms with van der Waals surface area (Å²) in [5.41, 5.74) is 5.71. The Hall–Kier alpha value is -1.64. The zero-order valence-corrected chi connectivity index (χ0v) is 24.2. The van der Waals surface area contributed by atoms with Gasteiger partial charge in [-0.15, -0.1) is 0 Å². The van der Waals surface area contributed by atoms with E-state index in [0.29, 0.717) is 0 Å². The van der Waals surface area contributed by atoms with Gasteiger partial charge in [0.05, 0.1) is 0 Å². The molecule has 2 rings (SSSR count). The number of rotatable bonds is 21. The predicted octanol–water partition coefficient (Wildman–Crippen LogP) is 9.72. The Balaban J connectivity index is 1.87. The summed E-state index contributed by atoms with van der Waals surface area (Å²) < 4.78 is 0. The largest absolute Gasteiger partial charge is 0.302 e. The summed E-state index contributed by atoms with van der Waals surface area (Å²) in [6.07, 6.45) is 19.2. The maximum atomic E-state index is 2.51. The Labute approximate surface area is 224 Å². The average molecular weight is 493 g/mol. The second kappa shape index (κ2) is 19.5. The highest BCUT2D eigenvalue weighted by molar-refractivity contribution is 5.70. The Morgan fingerprint density at radius 3 is 1.17 bits per heavy atom. The number of benzene rings is 2. The number of hydrogen-bond donors (Lipinski definition) is 0. The normalized spacial score (nSPS) is 11.6. The van der Waals surface area contributed by atoms with Crippen LogP contribution in [0.3, 0.4) is 0 Å². The van der Waals surface area contributed by atoms with E-state index in [1.54, 1.807) is 0 Å². The van der Waals surface area contributed by atoms with E-state index in [1.165, 1.54) is 125 Å². The van der Waals surface area contributed by atoms with Crippen molar-refractivity contribution in [2.24, 2.45) is 0 Å². The van der Waals surface area contributed by atoms with E-state index in [4.69, 9.17) is 0 Å². The van der Waals surface area contributed by atoms with Gasteiger partial charge in [0.15, 0.2) is 0 Å². The Bertz CT molecular complexity index is 732. The lowest BCUT2D eigenvalue weighted by atomic mass is 9.94. The average Bonchev–Trinajstić information content (AvgIpc) is 2.88. The van der Waals surface area contributed by atoms with Gasteiger partial charge in [-0.1, -0.05) is 139 Å². The number of nitrogens with zero attached hydrogens (tertiary/aromatic N) is 2.